The minimum Gasteiger partial charge on any atom is -0.449 e. The molecule has 2 rings (SSSR count). The van der Waals surface area contributed by atoms with E-state index >= 15 is 0 Å². The summed E-state index contributed by atoms with van der Waals surface area (Å²) in [5, 5.41) is 5.62. The maximum Gasteiger partial charge on any atom is 0.411 e. The fraction of sp³-hybridized carbons (Fsp3) is 0.391. The third-order valence-electron chi connectivity index (χ3n) is 4.35. The maximum atomic E-state index is 12.0. The van der Waals surface area contributed by atoms with Crippen molar-refractivity contribution < 1.29 is 19.1 Å². The van der Waals surface area contributed by atoms with Gasteiger partial charge < -0.3 is 9.47 Å². The third kappa shape index (κ3) is 7.86. The Hall–Kier alpha value is -3.02. The van der Waals surface area contributed by atoms with Crippen LogP contribution in [0.5, 0.6) is 0 Å². The largest absolute Gasteiger partial charge is 0.449 e. The number of benzene rings is 2. The highest BCUT2D eigenvalue weighted by atomic mass is 16.6. The Balaban J connectivity index is 2.06. The first kappa shape index (κ1) is 22.3. The van der Waals surface area contributed by atoms with Gasteiger partial charge in [-0.1, -0.05) is 63.1 Å². The zero-order chi connectivity index (χ0) is 20.9. The fourth-order valence-electron chi connectivity index (χ4n) is 2.71. The van der Waals surface area contributed by atoms with Crippen LogP contribution in [0.15, 0.2) is 48.5 Å². The molecule has 0 heterocycles. The van der Waals surface area contributed by atoms with Gasteiger partial charge in [-0.2, -0.15) is 0 Å². The molecule has 6 heteroatoms. The van der Waals surface area contributed by atoms with Crippen molar-refractivity contribution in [1.82, 2.24) is 0 Å². The number of nitrogens with one attached hydrogen (secondary N) is 2. The van der Waals surface area contributed by atoms with Gasteiger partial charge in [0.15, 0.2) is 0 Å². The number of hydrogen-bond acceptors (Lipinski definition) is 4. The number of hydrogen-bond donors (Lipinski definition) is 2. The Bertz CT molecular complexity index is 726. The molecule has 0 atom stereocenters. The van der Waals surface area contributed by atoms with E-state index in [1.54, 1.807) is 0 Å². The van der Waals surface area contributed by atoms with Crippen molar-refractivity contribution in [3.8, 4) is 0 Å². The van der Waals surface area contributed by atoms with Gasteiger partial charge in [-0.05, 0) is 36.1 Å². The number of carbonyl (C=O) groups excluding carboxylic acids is 2. The summed E-state index contributed by atoms with van der Waals surface area (Å²) in [6, 6.07) is 15.1. The van der Waals surface area contributed by atoms with Crippen LogP contribution in [0, 0.1) is 0 Å². The summed E-state index contributed by atoms with van der Waals surface area (Å²) in [6.07, 6.45) is 3.22. The molecule has 0 aromatic heterocycles. The van der Waals surface area contributed by atoms with E-state index in [0.29, 0.717) is 31.0 Å². The molecule has 2 amide bonds. The van der Waals surface area contributed by atoms with Crippen molar-refractivity contribution in [1.29, 1.82) is 0 Å². The van der Waals surface area contributed by atoms with Crippen molar-refractivity contribution >= 4 is 23.6 Å². The predicted octanol–water partition coefficient (Wildman–Crippen LogP) is 5.97. The Morgan fingerprint density at radius 2 is 1.14 bits per heavy atom. The Morgan fingerprint density at radius 1 is 0.724 bits per heavy atom. The molecule has 0 fully saturated rings. The summed E-state index contributed by atoms with van der Waals surface area (Å²) in [5.41, 5.74) is 3.23. The summed E-state index contributed by atoms with van der Waals surface area (Å²) in [6.45, 7) is 4.89. The lowest BCUT2D eigenvalue weighted by Crippen LogP contribution is -2.16. The molecule has 2 aromatic carbocycles. The molecular weight excluding hydrogens is 368 g/mol. The fourth-order valence-corrected chi connectivity index (χ4v) is 2.71. The minimum absolute atomic E-state index is 0.400. The lowest BCUT2D eigenvalue weighted by molar-refractivity contribution is 0.159. The quantitative estimate of drug-likeness (QED) is 0.483. The number of unbranched alkanes of at least 4 members (excludes halogenated alkanes) is 2. The van der Waals surface area contributed by atoms with E-state index in [2.05, 4.69) is 10.6 Å². The van der Waals surface area contributed by atoms with Crippen molar-refractivity contribution in [2.24, 2.45) is 0 Å². The molecule has 0 aliphatic rings. The topological polar surface area (TPSA) is 76.7 Å². The molecule has 0 bridgehead atoms. The van der Waals surface area contributed by atoms with E-state index < -0.39 is 12.2 Å². The SMILES string of the molecule is CCCCOC(=O)Nc1ccccc1Cc1ccccc1NC(=O)OCCCC. The summed E-state index contributed by atoms with van der Waals surface area (Å²) < 4.78 is 10.4. The van der Waals surface area contributed by atoms with Crippen LogP contribution in [0.1, 0.15) is 50.7 Å². The Kier molecular flexibility index (Phi) is 9.55. The molecule has 0 saturated heterocycles. The molecule has 0 radical (unpaired) electrons. The summed E-state index contributed by atoms with van der Waals surface area (Å²) >= 11 is 0. The molecular formula is C23H30N2O4. The highest BCUT2D eigenvalue weighted by Crippen LogP contribution is 2.24. The second-order valence-electron chi connectivity index (χ2n) is 6.72. The smallest absolute Gasteiger partial charge is 0.411 e. The highest BCUT2D eigenvalue weighted by Gasteiger charge is 2.12. The normalized spacial score (nSPS) is 10.3. The molecule has 0 spiro atoms. The van der Waals surface area contributed by atoms with Gasteiger partial charge in [0.2, 0.25) is 0 Å². The number of rotatable bonds is 10. The van der Waals surface area contributed by atoms with Gasteiger partial charge >= 0.3 is 12.2 Å². The molecule has 0 aliphatic carbocycles. The van der Waals surface area contributed by atoms with E-state index in [1.165, 1.54) is 0 Å². The number of carbonyl (C=O) groups is 2. The predicted molar refractivity (Wildman–Crippen MR) is 115 cm³/mol. The van der Waals surface area contributed by atoms with Gasteiger partial charge in [-0.15, -0.1) is 0 Å². The van der Waals surface area contributed by atoms with Crippen molar-refractivity contribution in [3.05, 3.63) is 59.7 Å². The number of amides is 2. The van der Waals surface area contributed by atoms with Crippen LogP contribution in [-0.4, -0.2) is 25.4 Å². The standard InChI is InChI=1S/C23H30N2O4/c1-3-5-15-28-22(26)24-20-13-9-7-11-18(20)17-19-12-8-10-14-21(19)25-23(27)29-16-6-4-2/h7-14H,3-6,15-17H2,1-2H3,(H,24,26)(H,25,27). The number of ether oxygens (including phenoxy) is 2. The van der Waals surface area contributed by atoms with E-state index in [9.17, 15) is 9.59 Å². The van der Waals surface area contributed by atoms with E-state index in [4.69, 9.17) is 9.47 Å². The van der Waals surface area contributed by atoms with Crippen LogP contribution in [0.3, 0.4) is 0 Å². The molecule has 0 aliphatic heterocycles. The monoisotopic (exact) mass is 398 g/mol. The molecule has 0 saturated carbocycles. The van der Waals surface area contributed by atoms with Crippen LogP contribution in [0.25, 0.3) is 0 Å². The average Bonchev–Trinajstić information content (AvgIpc) is 2.71. The molecule has 29 heavy (non-hydrogen) atoms. The first-order valence-electron chi connectivity index (χ1n) is 10.2. The second kappa shape index (κ2) is 12.4. The average molecular weight is 399 g/mol. The lowest BCUT2D eigenvalue weighted by Gasteiger charge is -2.14. The summed E-state index contributed by atoms with van der Waals surface area (Å²) in [5.74, 6) is 0. The van der Waals surface area contributed by atoms with Crippen LogP contribution >= 0.6 is 0 Å². The molecule has 0 unspecified atom stereocenters. The van der Waals surface area contributed by atoms with Gasteiger partial charge in [0, 0.05) is 17.8 Å². The highest BCUT2D eigenvalue weighted by molar-refractivity contribution is 5.87. The van der Waals surface area contributed by atoms with Crippen LogP contribution in [0.2, 0.25) is 0 Å². The molecule has 156 valence electrons. The van der Waals surface area contributed by atoms with Gasteiger partial charge in [0.05, 0.1) is 13.2 Å². The minimum atomic E-state index is -0.461. The Labute approximate surface area is 172 Å². The Morgan fingerprint density at radius 3 is 1.55 bits per heavy atom. The van der Waals surface area contributed by atoms with Crippen LogP contribution in [0.4, 0.5) is 21.0 Å². The van der Waals surface area contributed by atoms with Crippen molar-refractivity contribution in [3.63, 3.8) is 0 Å². The molecule has 2 aromatic rings. The summed E-state index contributed by atoms with van der Waals surface area (Å²) in [7, 11) is 0. The molecule has 6 nitrogen and oxygen atoms in total. The van der Waals surface area contributed by atoms with Gasteiger partial charge in [-0.3, -0.25) is 10.6 Å². The zero-order valence-corrected chi connectivity index (χ0v) is 17.2. The van der Waals surface area contributed by atoms with Crippen LogP contribution in [-0.2, 0) is 15.9 Å². The third-order valence-corrected chi connectivity index (χ3v) is 4.35. The maximum absolute atomic E-state index is 12.0. The lowest BCUT2D eigenvalue weighted by atomic mass is 10.0. The van der Waals surface area contributed by atoms with Gasteiger partial charge in [0.1, 0.15) is 0 Å². The summed E-state index contributed by atoms with van der Waals surface area (Å²) in [4.78, 5) is 24.0. The molecule has 2 N–H and O–H groups in total. The van der Waals surface area contributed by atoms with Crippen LogP contribution < -0.4 is 10.6 Å². The number of anilines is 2. The first-order valence-corrected chi connectivity index (χ1v) is 10.2. The zero-order valence-electron chi connectivity index (χ0n) is 17.2. The second-order valence-corrected chi connectivity index (χ2v) is 6.72. The van der Waals surface area contributed by atoms with Gasteiger partial charge in [-0.25, -0.2) is 9.59 Å². The van der Waals surface area contributed by atoms with E-state index in [0.717, 1.165) is 36.8 Å². The van der Waals surface area contributed by atoms with Crippen molar-refractivity contribution in [2.45, 2.75) is 46.0 Å². The number of para-hydroxylation sites is 2. The van der Waals surface area contributed by atoms with E-state index in [-0.39, 0.29) is 0 Å². The van der Waals surface area contributed by atoms with Crippen molar-refractivity contribution in [2.75, 3.05) is 23.8 Å². The van der Waals surface area contributed by atoms with Gasteiger partial charge in [0.25, 0.3) is 0 Å². The van der Waals surface area contributed by atoms with E-state index in [1.807, 2.05) is 62.4 Å². The first-order chi connectivity index (χ1) is 14.1.